The highest BCUT2D eigenvalue weighted by molar-refractivity contribution is 7.10. The van der Waals surface area contributed by atoms with Crippen LogP contribution in [0, 0.1) is 5.82 Å². The van der Waals surface area contributed by atoms with E-state index in [-0.39, 0.29) is 30.2 Å². The average molecular weight is 376 g/mol. The van der Waals surface area contributed by atoms with E-state index in [0.29, 0.717) is 0 Å². The molecule has 6 heteroatoms. The number of benzene rings is 1. The first kappa shape index (κ1) is 19.0. The van der Waals surface area contributed by atoms with Gasteiger partial charge < -0.3 is 10.2 Å². The number of hydrogen-bond donors (Lipinski definition) is 1. The van der Waals surface area contributed by atoms with Crippen LogP contribution in [0.25, 0.3) is 0 Å². The monoisotopic (exact) mass is 375 g/mol. The molecular weight excluding hydrogens is 349 g/mol. The highest BCUT2D eigenvalue weighted by Crippen LogP contribution is 2.29. The van der Waals surface area contributed by atoms with E-state index in [4.69, 9.17) is 0 Å². The van der Waals surface area contributed by atoms with Crippen LogP contribution in [0.4, 0.5) is 4.39 Å². The van der Waals surface area contributed by atoms with Gasteiger partial charge in [0.15, 0.2) is 0 Å². The van der Waals surface area contributed by atoms with Gasteiger partial charge in [-0.05, 0) is 43.1 Å². The first-order chi connectivity index (χ1) is 12.5. The van der Waals surface area contributed by atoms with Crippen LogP contribution in [0.15, 0.2) is 41.8 Å². The molecule has 2 aromatic rings. The van der Waals surface area contributed by atoms with Crippen molar-refractivity contribution in [1.82, 2.24) is 15.1 Å². The number of amides is 1. The molecule has 140 valence electrons. The largest absolute Gasteiger partial charge is 0.351 e. The smallest absolute Gasteiger partial charge is 0.224 e. The summed E-state index contributed by atoms with van der Waals surface area (Å²) in [5.74, 6) is -0.310. The zero-order valence-electron chi connectivity index (χ0n) is 15.3. The number of nitrogens with zero attached hydrogens (tertiary/aromatic N) is 2. The second-order valence-electron chi connectivity index (χ2n) is 6.96. The maximum Gasteiger partial charge on any atom is 0.224 e. The van der Waals surface area contributed by atoms with E-state index in [1.165, 1.54) is 17.0 Å². The molecule has 1 aliphatic rings. The van der Waals surface area contributed by atoms with Crippen molar-refractivity contribution in [3.05, 3.63) is 58.0 Å². The molecule has 2 atom stereocenters. The van der Waals surface area contributed by atoms with E-state index in [1.807, 2.05) is 0 Å². The lowest BCUT2D eigenvalue weighted by Gasteiger charge is -2.40. The number of piperazine rings is 1. The van der Waals surface area contributed by atoms with Crippen LogP contribution in [0.5, 0.6) is 0 Å². The number of hydrogen-bond acceptors (Lipinski definition) is 4. The van der Waals surface area contributed by atoms with Crippen LogP contribution in [-0.2, 0) is 11.2 Å². The highest BCUT2D eigenvalue weighted by Gasteiger charge is 2.30. The lowest BCUT2D eigenvalue weighted by atomic mass is 10.0. The molecule has 3 rings (SSSR count). The van der Waals surface area contributed by atoms with Gasteiger partial charge in [0.25, 0.3) is 0 Å². The van der Waals surface area contributed by atoms with Gasteiger partial charge >= 0.3 is 0 Å². The molecule has 0 bridgehead atoms. The Hall–Kier alpha value is -1.76. The quantitative estimate of drug-likeness (QED) is 0.843. The van der Waals surface area contributed by atoms with Crippen LogP contribution in [-0.4, -0.2) is 55.0 Å². The Balaban J connectivity index is 1.66. The van der Waals surface area contributed by atoms with Crippen molar-refractivity contribution in [2.45, 2.75) is 25.4 Å². The fraction of sp³-hybridized carbons (Fsp3) is 0.450. The summed E-state index contributed by atoms with van der Waals surface area (Å²) in [6.45, 7) is 6.15. The fourth-order valence-corrected chi connectivity index (χ4v) is 4.44. The molecule has 1 fully saturated rings. The van der Waals surface area contributed by atoms with E-state index >= 15 is 0 Å². The van der Waals surface area contributed by atoms with Crippen LogP contribution in [0.3, 0.4) is 0 Å². The minimum atomic E-state index is -0.282. The van der Waals surface area contributed by atoms with Crippen LogP contribution >= 0.6 is 11.3 Å². The van der Waals surface area contributed by atoms with Gasteiger partial charge in [-0.2, -0.15) is 0 Å². The van der Waals surface area contributed by atoms with Crippen molar-refractivity contribution in [3.8, 4) is 0 Å². The molecule has 0 unspecified atom stereocenters. The second-order valence-corrected chi connectivity index (χ2v) is 7.94. The summed E-state index contributed by atoms with van der Waals surface area (Å²) in [4.78, 5) is 18.6. The minimum absolute atomic E-state index is 0.00463. The van der Waals surface area contributed by atoms with Crippen molar-refractivity contribution < 1.29 is 9.18 Å². The Morgan fingerprint density at radius 3 is 2.50 bits per heavy atom. The number of carbonyl (C=O) groups is 1. The molecule has 0 spiro atoms. The second kappa shape index (κ2) is 8.75. The lowest BCUT2D eigenvalue weighted by molar-refractivity contribution is -0.121. The van der Waals surface area contributed by atoms with Crippen molar-refractivity contribution >= 4 is 17.2 Å². The first-order valence-corrected chi connectivity index (χ1v) is 9.90. The molecule has 1 N–H and O–H groups in total. The Morgan fingerprint density at radius 2 is 1.88 bits per heavy atom. The van der Waals surface area contributed by atoms with Crippen molar-refractivity contribution in [2.24, 2.45) is 0 Å². The zero-order chi connectivity index (χ0) is 18.5. The van der Waals surface area contributed by atoms with Gasteiger partial charge in [0.2, 0.25) is 5.91 Å². The minimum Gasteiger partial charge on any atom is -0.351 e. The Labute approximate surface area is 158 Å². The molecule has 4 nitrogen and oxygen atoms in total. The fourth-order valence-electron chi connectivity index (χ4n) is 3.47. The Morgan fingerprint density at radius 1 is 1.19 bits per heavy atom. The summed E-state index contributed by atoms with van der Waals surface area (Å²) in [7, 11) is 2.14. The molecule has 1 aliphatic heterocycles. The number of thiophene rings is 1. The molecule has 0 radical (unpaired) electrons. The van der Waals surface area contributed by atoms with Crippen molar-refractivity contribution in [1.29, 1.82) is 0 Å². The third-order valence-electron chi connectivity index (χ3n) is 4.91. The van der Waals surface area contributed by atoms with Crippen LogP contribution in [0.2, 0.25) is 0 Å². The molecule has 2 heterocycles. The van der Waals surface area contributed by atoms with Gasteiger partial charge in [0.1, 0.15) is 5.82 Å². The Bertz CT molecular complexity index is 696. The summed E-state index contributed by atoms with van der Waals surface area (Å²) < 4.78 is 13.0. The van der Waals surface area contributed by atoms with Gasteiger partial charge in [0, 0.05) is 37.1 Å². The normalized spacial score (nSPS) is 18.4. The number of rotatable bonds is 6. The molecule has 0 saturated carbocycles. The van der Waals surface area contributed by atoms with E-state index in [0.717, 1.165) is 31.7 Å². The highest BCUT2D eigenvalue weighted by atomic mass is 32.1. The maximum absolute atomic E-state index is 13.0. The predicted molar refractivity (Wildman–Crippen MR) is 104 cm³/mol. The number of likely N-dealkylation sites (N-methyl/N-ethyl adjacent to an activating group) is 1. The summed E-state index contributed by atoms with van der Waals surface area (Å²) in [6, 6.07) is 10.5. The van der Waals surface area contributed by atoms with E-state index in [2.05, 4.69) is 46.6 Å². The topological polar surface area (TPSA) is 35.6 Å². The van der Waals surface area contributed by atoms with Crippen molar-refractivity contribution in [3.63, 3.8) is 0 Å². The van der Waals surface area contributed by atoms with Gasteiger partial charge in [0.05, 0.1) is 12.5 Å². The Kier molecular flexibility index (Phi) is 6.40. The third-order valence-corrected chi connectivity index (χ3v) is 5.85. The predicted octanol–water partition coefficient (Wildman–Crippen LogP) is 2.92. The van der Waals surface area contributed by atoms with E-state index in [1.54, 1.807) is 23.5 Å². The number of halogens is 1. The number of carbonyl (C=O) groups excluding carboxylic acids is 1. The summed E-state index contributed by atoms with van der Waals surface area (Å²) in [6.07, 6.45) is 0.268. The average Bonchev–Trinajstić information content (AvgIpc) is 3.13. The molecule has 1 amide bonds. The molecular formula is C20H26FN3OS. The summed E-state index contributed by atoms with van der Waals surface area (Å²) in [5.41, 5.74) is 0.823. The third kappa shape index (κ3) is 4.90. The van der Waals surface area contributed by atoms with Crippen molar-refractivity contribution in [2.75, 3.05) is 33.2 Å². The summed E-state index contributed by atoms with van der Waals surface area (Å²) >= 11 is 1.74. The van der Waals surface area contributed by atoms with Crippen LogP contribution in [0.1, 0.15) is 23.4 Å². The number of nitrogens with one attached hydrogen (secondary N) is 1. The van der Waals surface area contributed by atoms with Gasteiger partial charge in [-0.25, -0.2) is 4.39 Å². The molecule has 1 saturated heterocycles. The maximum atomic E-state index is 13.0. The molecule has 1 aromatic carbocycles. The van der Waals surface area contributed by atoms with E-state index < -0.39 is 0 Å². The molecule has 1 aromatic heterocycles. The summed E-state index contributed by atoms with van der Waals surface area (Å²) in [5, 5.41) is 5.25. The first-order valence-electron chi connectivity index (χ1n) is 9.03. The van der Waals surface area contributed by atoms with Gasteiger partial charge in [-0.1, -0.05) is 18.2 Å². The lowest BCUT2D eigenvalue weighted by Crippen LogP contribution is -2.51. The molecule has 0 aliphatic carbocycles. The van der Waals surface area contributed by atoms with Gasteiger partial charge in [-0.15, -0.1) is 11.3 Å². The van der Waals surface area contributed by atoms with E-state index in [9.17, 15) is 9.18 Å². The zero-order valence-corrected chi connectivity index (χ0v) is 16.1. The SMILES string of the molecule is C[C@@H](NC(=O)Cc1ccc(F)cc1)[C@@H](c1cccs1)N1CCN(C)CC1. The van der Waals surface area contributed by atoms with Crippen LogP contribution < -0.4 is 5.32 Å². The van der Waals surface area contributed by atoms with Gasteiger partial charge in [-0.3, -0.25) is 9.69 Å². The standard InChI is InChI=1S/C20H26FN3OS/c1-15(22-19(25)14-16-5-7-17(21)8-6-16)20(18-4-3-13-26-18)24-11-9-23(2)10-12-24/h3-8,13,15,20H,9-12,14H2,1-2H3,(H,22,25)/t15-,20+/m1/s1. The molecule has 26 heavy (non-hydrogen) atoms.